The first-order chi connectivity index (χ1) is 8.50. The highest BCUT2D eigenvalue weighted by Gasteiger charge is 2.22. The number of hydrogen-bond donors (Lipinski definition) is 0. The van der Waals surface area contributed by atoms with E-state index in [1.165, 1.54) is 24.8 Å². The van der Waals surface area contributed by atoms with Crippen LogP contribution in [0.3, 0.4) is 0 Å². The molecule has 0 fully saturated rings. The van der Waals surface area contributed by atoms with Crippen LogP contribution in [0.2, 0.25) is 0 Å². The van der Waals surface area contributed by atoms with Gasteiger partial charge in [0.05, 0.1) is 0 Å². The van der Waals surface area contributed by atoms with Gasteiger partial charge in [0.15, 0.2) is 0 Å². The van der Waals surface area contributed by atoms with Gasteiger partial charge in [0, 0.05) is 22.8 Å². The van der Waals surface area contributed by atoms with Crippen LogP contribution >= 0.6 is 0 Å². The number of hydrogen-bond acceptors (Lipinski definition) is 1. The van der Waals surface area contributed by atoms with Crippen molar-refractivity contribution in [2.45, 2.75) is 52.4 Å². The van der Waals surface area contributed by atoms with Gasteiger partial charge in [0.2, 0.25) is 0 Å². The Kier molecular flexibility index (Phi) is 8.99. The molecule has 1 rings (SSSR count). The first-order valence-electron chi connectivity index (χ1n) is 6.85. The van der Waals surface area contributed by atoms with E-state index in [-0.39, 0.29) is 0 Å². The quantitative estimate of drug-likeness (QED) is 0.766. The summed E-state index contributed by atoms with van der Waals surface area (Å²) in [6.07, 6.45) is 5.47. The van der Waals surface area contributed by atoms with Crippen LogP contribution in [0.4, 0.5) is 0 Å². The van der Waals surface area contributed by atoms with E-state index in [0.717, 1.165) is 5.75 Å². The predicted molar refractivity (Wildman–Crippen MR) is 83.6 cm³/mol. The average Bonchev–Trinajstić information content (AvgIpc) is 2.40. The Morgan fingerprint density at radius 1 is 1.11 bits per heavy atom. The maximum Gasteiger partial charge on any atom is 0.0203 e. The third kappa shape index (κ3) is 6.34. The highest BCUT2D eigenvalue weighted by molar-refractivity contribution is 7.84. The first-order valence-corrected chi connectivity index (χ1v) is 8.58. The molecule has 1 aromatic carbocycles. The molecule has 0 amide bonds. The highest BCUT2D eigenvalue weighted by Crippen LogP contribution is 2.31. The van der Waals surface area contributed by atoms with E-state index >= 15 is 0 Å². The van der Waals surface area contributed by atoms with Crippen LogP contribution < -0.4 is 0 Å². The van der Waals surface area contributed by atoms with E-state index in [0.29, 0.717) is 5.41 Å². The van der Waals surface area contributed by atoms with E-state index in [9.17, 15) is 4.21 Å². The first kappa shape index (κ1) is 17.4. The van der Waals surface area contributed by atoms with Crippen molar-refractivity contribution in [3.63, 3.8) is 0 Å². The minimum Gasteiger partial charge on any atom is -0.260 e. The van der Waals surface area contributed by atoms with Crippen molar-refractivity contribution in [3.8, 4) is 0 Å². The van der Waals surface area contributed by atoms with Gasteiger partial charge < -0.3 is 0 Å². The van der Waals surface area contributed by atoms with Crippen LogP contribution in [0.1, 0.15) is 52.5 Å². The fraction of sp³-hybridized carbons (Fsp3) is 0.625. The van der Waals surface area contributed by atoms with Gasteiger partial charge >= 0.3 is 0 Å². The van der Waals surface area contributed by atoms with Crippen molar-refractivity contribution >= 4 is 10.8 Å². The Morgan fingerprint density at radius 2 is 1.61 bits per heavy atom. The Labute approximate surface area is 115 Å². The molecule has 2 unspecified atom stereocenters. The van der Waals surface area contributed by atoms with Crippen LogP contribution in [0.15, 0.2) is 30.3 Å². The summed E-state index contributed by atoms with van der Waals surface area (Å²) in [5.41, 5.74) is 1.87. The van der Waals surface area contributed by atoms with Crippen molar-refractivity contribution in [2.75, 3.05) is 12.0 Å². The third-order valence-electron chi connectivity index (χ3n) is 3.46. The normalized spacial score (nSPS) is 15.2. The molecule has 0 aliphatic rings. The molecule has 0 aliphatic heterocycles. The molecular formula is C16H28OS. The van der Waals surface area contributed by atoms with Crippen LogP contribution in [0.25, 0.3) is 0 Å². The molecular weight excluding hydrogens is 240 g/mol. The van der Waals surface area contributed by atoms with E-state index in [2.05, 4.69) is 51.1 Å². The van der Waals surface area contributed by atoms with Gasteiger partial charge in [-0.1, -0.05) is 64.4 Å². The van der Waals surface area contributed by atoms with Crippen LogP contribution in [-0.4, -0.2) is 16.2 Å². The molecule has 1 nitrogen and oxygen atoms in total. The molecule has 0 saturated heterocycles. The maximum absolute atomic E-state index is 9.92. The Hall–Kier alpha value is -0.630. The fourth-order valence-corrected chi connectivity index (χ4v) is 1.92. The van der Waals surface area contributed by atoms with Gasteiger partial charge in [-0.3, -0.25) is 4.21 Å². The standard InChI is InChI=1S/C13H20.C3H8OS/c1-4-11-13(3,5-2)12-9-7-6-8-10-12;1-3-5(2)4/h6-10H,4-5,11H2,1-3H3;3H2,1-2H3. The lowest BCUT2D eigenvalue weighted by atomic mass is 9.77. The van der Waals surface area contributed by atoms with Crippen LogP contribution in [0.5, 0.6) is 0 Å². The highest BCUT2D eigenvalue weighted by atomic mass is 32.2. The molecule has 0 aromatic heterocycles. The summed E-state index contributed by atoms with van der Waals surface area (Å²) >= 11 is 0. The molecule has 0 saturated carbocycles. The second-order valence-electron chi connectivity index (χ2n) is 4.89. The molecule has 0 bridgehead atoms. The van der Waals surface area contributed by atoms with Crippen molar-refractivity contribution in [1.82, 2.24) is 0 Å². The number of benzene rings is 1. The summed E-state index contributed by atoms with van der Waals surface area (Å²) in [7, 11) is -0.573. The molecule has 1 aromatic rings. The summed E-state index contributed by atoms with van der Waals surface area (Å²) < 4.78 is 9.92. The zero-order valence-electron chi connectivity index (χ0n) is 12.5. The predicted octanol–water partition coefficient (Wildman–Crippen LogP) is 4.54. The van der Waals surface area contributed by atoms with E-state index < -0.39 is 10.8 Å². The molecule has 18 heavy (non-hydrogen) atoms. The molecule has 0 radical (unpaired) electrons. The Bertz CT molecular complexity index is 334. The summed E-state index contributed by atoms with van der Waals surface area (Å²) in [4.78, 5) is 0. The summed E-state index contributed by atoms with van der Waals surface area (Å²) in [6, 6.07) is 10.9. The molecule has 0 aliphatic carbocycles. The van der Waals surface area contributed by atoms with E-state index in [1.807, 2.05) is 6.92 Å². The van der Waals surface area contributed by atoms with Crippen molar-refractivity contribution in [1.29, 1.82) is 0 Å². The summed E-state index contributed by atoms with van der Waals surface area (Å²) in [5.74, 6) is 0.778. The van der Waals surface area contributed by atoms with Crippen molar-refractivity contribution in [2.24, 2.45) is 0 Å². The fourth-order valence-electron chi connectivity index (χ4n) is 1.92. The lowest BCUT2D eigenvalue weighted by Crippen LogP contribution is -2.20. The van der Waals surface area contributed by atoms with Crippen molar-refractivity contribution < 1.29 is 4.21 Å². The summed E-state index contributed by atoms with van der Waals surface area (Å²) in [5, 5.41) is 0. The van der Waals surface area contributed by atoms with E-state index in [1.54, 1.807) is 6.26 Å². The van der Waals surface area contributed by atoms with Gasteiger partial charge in [-0.05, 0) is 23.8 Å². The monoisotopic (exact) mass is 268 g/mol. The van der Waals surface area contributed by atoms with Gasteiger partial charge in [-0.2, -0.15) is 0 Å². The second kappa shape index (κ2) is 9.32. The van der Waals surface area contributed by atoms with Crippen LogP contribution in [-0.2, 0) is 16.2 Å². The second-order valence-corrected chi connectivity index (χ2v) is 6.62. The zero-order valence-corrected chi connectivity index (χ0v) is 13.3. The lowest BCUT2D eigenvalue weighted by molar-refractivity contribution is 0.414. The lowest BCUT2D eigenvalue weighted by Gasteiger charge is -2.28. The third-order valence-corrected chi connectivity index (χ3v) is 4.27. The molecule has 2 atom stereocenters. The van der Waals surface area contributed by atoms with Crippen LogP contribution in [0, 0.1) is 0 Å². The average molecular weight is 268 g/mol. The summed E-state index contributed by atoms with van der Waals surface area (Å²) in [6.45, 7) is 8.81. The van der Waals surface area contributed by atoms with Gasteiger partial charge in [0.25, 0.3) is 0 Å². The maximum atomic E-state index is 9.92. The molecule has 0 N–H and O–H groups in total. The topological polar surface area (TPSA) is 17.1 Å². The van der Waals surface area contributed by atoms with Gasteiger partial charge in [-0.15, -0.1) is 0 Å². The van der Waals surface area contributed by atoms with E-state index in [4.69, 9.17) is 0 Å². The molecule has 2 heteroatoms. The van der Waals surface area contributed by atoms with Gasteiger partial charge in [0.1, 0.15) is 0 Å². The minimum absolute atomic E-state index is 0.385. The minimum atomic E-state index is -0.573. The van der Waals surface area contributed by atoms with Crippen molar-refractivity contribution in [3.05, 3.63) is 35.9 Å². The Morgan fingerprint density at radius 3 is 1.94 bits per heavy atom. The molecule has 0 heterocycles. The molecule has 0 spiro atoms. The smallest absolute Gasteiger partial charge is 0.0203 e. The molecule has 104 valence electrons. The van der Waals surface area contributed by atoms with Gasteiger partial charge in [-0.25, -0.2) is 0 Å². The number of rotatable bonds is 5. The Balaban J connectivity index is 0.000000494. The zero-order chi connectivity index (χ0) is 14.0. The SMILES string of the molecule is CCCC(C)(CC)c1ccccc1.CCS(C)=O. The largest absolute Gasteiger partial charge is 0.260 e.